The molecule has 2 aliphatic carbocycles. The molecule has 2 fully saturated rings. The Hall–Kier alpha value is -1.61. The maximum Gasteiger partial charge on any atom is 0.338 e. The quantitative estimate of drug-likeness (QED) is 0.111. The van der Waals surface area contributed by atoms with E-state index >= 15 is 0 Å². The number of hydrogen-bond donors (Lipinski definition) is 0. The zero-order valence-corrected chi connectivity index (χ0v) is 20.4. The van der Waals surface area contributed by atoms with Crippen LogP contribution in [0.15, 0.2) is 23.1 Å². The molecule has 0 atom stereocenters. The molecule has 0 aliphatic heterocycles. The second-order valence-electron chi connectivity index (χ2n) is 8.99. The zero-order valence-electron chi connectivity index (χ0n) is 19.6. The number of ether oxygens (including phenoxy) is 2. The number of carbonyl (C=O) groups excluding carboxylic acids is 2. The first-order valence-corrected chi connectivity index (χ1v) is 12.9. The van der Waals surface area contributed by atoms with Crippen molar-refractivity contribution >= 4 is 24.0 Å². The summed E-state index contributed by atoms with van der Waals surface area (Å²) in [4.78, 5) is 30.3. The second-order valence-corrected chi connectivity index (χ2v) is 9.76. The Morgan fingerprint density at radius 1 is 0.788 bits per heavy atom. The molecule has 0 N–H and O–H groups in total. The highest BCUT2D eigenvalue weighted by molar-refractivity contribution is 7.94. The molecule has 0 amide bonds. The lowest BCUT2D eigenvalue weighted by Crippen LogP contribution is -2.15. The van der Waals surface area contributed by atoms with Crippen LogP contribution in [-0.4, -0.2) is 32.3 Å². The van der Waals surface area contributed by atoms with Crippen molar-refractivity contribution in [1.29, 1.82) is 0 Å². The molecule has 1 aromatic carbocycles. The van der Waals surface area contributed by atoms with Gasteiger partial charge in [0.1, 0.15) is 0 Å². The lowest BCUT2D eigenvalue weighted by atomic mass is 9.87. The Morgan fingerprint density at radius 2 is 1.27 bits per heavy atom. The van der Waals surface area contributed by atoms with Crippen LogP contribution in [0.3, 0.4) is 0 Å². The van der Waals surface area contributed by atoms with Gasteiger partial charge in [-0.25, -0.2) is 14.5 Å². The number of hydrogen-bond acceptors (Lipinski definition) is 8. The van der Waals surface area contributed by atoms with E-state index in [9.17, 15) is 9.59 Å². The SMILES string of the molecule is COOOSc1cc(C(=O)OCCC2CCCCC2)cc(C(=O)OCCC2CCCCC2)c1. The molecule has 0 spiro atoms. The highest BCUT2D eigenvalue weighted by Crippen LogP contribution is 2.28. The maximum absolute atomic E-state index is 12.7. The van der Waals surface area contributed by atoms with Gasteiger partial charge < -0.3 is 9.47 Å². The summed E-state index contributed by atoms with van der Waals surface area (Å²) >= 11 is 0.838. The van der Waals surface area contributed by atoms with Gasteiger partial charge in [0.05, 0.1) is 43.5 Å². The van der Waals surface area contributed by atoms with Crippen LogP contribution in [0.4, 0.5) is 0 Å². The molecular weight excluding hydrogens is 444 g/mol. The molecule has 8 heteroatoms. The third-order valence-corrected chi connectivity index (χ3v) is 7.12. The van der Waals surface area contributed by atoms with Crippen molar-refractivity contribution in [2.75, 3.05) is 20.3 Å². The van der Waals surface area contributed by atoms with E-state index in [0.717, 1.165) is 24.9 Å². The summed E-state index contributed by atoms with van der Waals surface area (Å²) < 4.78 is 15.9. The molecule has 33 heavy (non-hydrogen) atoms. The molecule has 3 rings (SSSR count). The van der Waals surface area contributed by atoms with Gasteiger partial charge in [-0.2, -0.15) is 0 Å². The molecule has 0 heterocycles. The summed E-state index contributed by atoms with van der Waals surface area (Å²) in [7, 11) is 1.32. The highest BCUT2D eigenvalue weighted by atomic mass is 32.2. The van der Waals surface area contributed by atoms with Crippen LogP contribution in [0.1, 0.15) is 97.8 Å². The third kappa shape index (κ3) is 9.27. The predicted octanol–water partition coefficient (Wildman–Crippen LogP) is 6.46. The van der Waals surface area contributed by atoms with Gasteiger partial charge in [-0.3, -0.25) is 0 Å². The molecule has 184 valence electrons. The van der Waals surface area contributed by atoms with Crippen LogP contribution in [0, 0.1) is 11.8 Å². The van der Waals surface area contributed by atoms with E-state index in [1.165, 1.54) is 77.4 Å². The first kappa shape index (κ1) is 26.0. The fraction of sp³-hybridized carbons (Fsp3) is 0.680. The van der Waals surface area contributed by atoms with Crippen molar-refractivity contribution in [1.82, 2.24) is 0 Å². The minimum Gasteiger partial charge on any atom is -0.462 e. The van der Waals surface area contributed by atoms with Gasteiger partial charge in [-0.05, 0) is 42.9 Å². The number of carbonyl (C=O) groups is 2. The second kappa shape index (κ2) is 14.6. The topological polar surface area (TPSA) is 80.3 Å². The summed E-state index contributed by atoms with van der Waals surface area (Å²) in [5, 5.41) is 4.43. The predicted molar refractivity (Wildman–Crippen MR) is 124 cm³/mol. The summed E-state index contributed by atoms with van der Waals surface area (Å²) in [6, 6.07) is 4.73. The Bertz CT molecular complexity index is 688. The molecule has 0 bridgehead atoms. The van der Waals surface area contributed by atoms with Gasteiger partial charge in [0.25, 0.3) is 0 Å². The average molecular weight is 481 g/mol. The Labute approximate surface area is 200 Å². The van der Waals surface area contributed by atoms with Gasteiger partial charge in [0, 0.05) is 4.90 Å². The van der Waals surface area contributed by atoms with Crippen LogP contribution in [-0.2, 0) is 23.7 Å². The van der Waals surface area contributed by atoms with E-state index < -0.39 is 11.9 Å². The summed E-state index contributed by atoms with van der Waals surface area (Å²) in [6.07, 6.45) is 14.2. The largest absolute Gasteiger partial charge is 0.462 e. The number of rotatable bonds is 12. The average Bonchev–Trinajstić information content (AvgIpc) is 2.85. The zero-order chi connectivity index (χ0) is 23.3. The van der Waals surface area contributed by atoms with E-state index in [2.05, 4.69) is 9.93 Å². The Morgan fingerprint density at radius 3 is 1.73 bits per heavy atom. The fourth-order valence-electron chi connectivity index (χ4n) is 4.72. The van der Waals surface area contributed by atoms with Crippen LogP contribution < -0.4 is 0 Å². The van der Waals surface area contributed by atoms with Gasteiger partial charge in [0.2, 0.25) is 0 Å². The maximum atomic E-state index is 12.7. The Kier molecular flexibility index (Phi) is 11.5. The highest BCUT2D eigenvalue weighted by Gasteiger charge is 2.19. The van der Waals surface area contributed by atoms with Crippen molar-refractivity contribution in [3.05, 3.63) is 29.3 Å². The third-order valence-electron chi connectivity index (χ3n) is 6.57. The normalized spacial score (nSPS) is 17.6. The molecule has 0 radical (unpaired) electrons. The van der Waals surface area contributed by atoms with E-state index in [1.54, 1.807) is 12.1 Å². The monoisotopic (exact) mass is 480 g/mol. The van der Waals surface area contributed by atoms with Crippen LogP contribution in [0.25, 0.3) is 0 Å². The molecule has 0 aromatic heterocycles. The van der Waals surface area contributed by atoms with Crippen LogP contribution in [0.2, 0.25) is 0 Å². The number of benzene rings is 1. The lowest BCUT2D eigenvalue weighted by molar-refractivity contribution is -0.447. The van der Waals surface area contributed by atoms with Crippen LogP contribution in [0.5, 0.6) is 0 Å². The fourth-order valence-corrected chi connectivity index (χ4v) is 5.23. The van der Waals surface area contributed by atoms with Gasteiger partial charge in [0.15, 0.2) is 0 Å². The standard InChI is InChI=1S/C25H36O7S/c1-28-31-32-33-23-17-21(24(26)29-14-12-19-8-4-2-5-9-19)16-22(18-23)25(27)30-15-13-20-10-6-3-7-11-20/h16-20H,2-15H2,1H3. The van der Waals surface area contributed by atoms with Gasteiger partial charge in [-0.15, -0.1) is 4.33 Å². The van der Waals surface area contributed by atoms with E-state index in [0.29, 0.717) is 29.9 Å². The van der Waals surface area contributed by atoms with Crippen molar-refractivity contribution in [3.63, 3.8) is 0 Å². The van der Waals surface area contributed by atoms with E-state index in [4.69, 9.17) is 13.8 Å². The molecule has 2 saturated carbocycles. The minimum atomic E-state index is -0.461. The first-order chi connectivity index (χ1) is 16.2. The van der Waals surface area contributed by atoms with Gasteiger partial charge in [-0.1, -0.05) is 69.2 Å². The summed E-state index contributed by atoms with van der Waals surface area (Å²) in [6.45, 7) is 0.761. The summed E-state index contributed by atoms with van der Waals surface area (Å²) in [5.74, 6) is 0.333. The van der Waals surface area contributed by atoms with E-state index in [1.807, 2.05) is 0 Å². The molecule has 0 unspecified atom stereocenters. The Balaban J connectivity index is 1.56. The van der Waals surface area contributed by atoms with Crippen molar-refractivity contribution in [2.45, 2.75) is 81.9 Å². The molecule has 1 aromatic rings. The summed E-state index contributed by atoms with van der Waals surface area (Å²) in [5.41, 5.74) is 0.563. The molecular formula is C25H36O7S. The molecule has 2 aliphatic rings. The smallest absolute Gasteiger partial charge is 0.338 e. The van der Waals surface area contributed by atoms with Crippen molar-refractivity contribution < 1.29 is 33.3 Å². The van der Waals surface area contributed by atoms with Crippen molar-refractivity contribution in [3.8, 4) is 0 Å². The van der Waals surface area contributed by atoms with E-state index in [-0.39, 0.29) is 11.1 Å². The van der Waals surface area contributed by atoms with Crippen molar-refractivity contribution in [2.24, 2.45) is 11.8 Å². The lowest BCUT2D eigenvalue weighted by Gasteiger charge is -2.21. The van der Waals surface area contributed by atoms with Crippen LogP contribution >= 0.6 is 12.0 Å². The molecule has 7 nitrogen and oxygen atoms in total. The first-order valence-electron chi connectivity index (χ1n) is 12.2. The number of esters is 2. The van der Waals surface area contributed by atoms with Gasteiger partial charge >= 0.3 is 11.9 Å². The minimum absolute atomic E-state index is 0.281. The molecule has 0 saturated heterocycles.